The lowest BCUT2D eigenvalue weighted by atomic mass is 9.99. The van der Waals surface area contributed by atoms with E-state index in [1.165, 1.54) is 0 Å². The average molecular weight is 631 g/mol. The van der Waals surface area contributed by atoms with E-state index >= 15 is 0 Å². The van der Waals surface area contributed by atoms with Crippen LogP contribution in [0.5, 0.6) is 11.5 Å². The predicted molar refractivity (Wildman–Crippen MR) is 185 cm³/mol. The first-order valence-corrected chi connectivity index (χ1v) is 15.6. The molecule has 3 N–H and O–H groups in total. The van der Waals surface area contributed by atoms with Crippen LogP contribution in [0.3, 0.4) is 0 Å². The molecule has 6 rings (SSSR count). The predicted octanol–water partition coefficient (Wildman–Crippen LogP) is 6.83. The largest absolute Gasteiger partial charge is 0.497 e. The zero-order valence-electron chi connectivity index (χ0n) is 26.8. The summed E-state index contributed by atoms with van der Waals surface area (Å²) < 4.78 is 18.4. The number of pyridine rings is 2. The number of hydrogen-bond donors (Lipinski definition) is 2. The summed E-state index contributed by atoms with van der Waals surface area (Å²) in [7, 11) is 3.21. The number of hydrogen-bond acceptors (Lipinski definition) is 7. The van der Waals surface area contributed by atoms with Crippen molar-refractivity contribution in [3.63, 3.8) is 0 Å². The van der Waals surface area contributed by atoms with Gasteiger partial charge in [0.25, 0.3) is 5.91 Å². The molecule has 9 nitrogen and oxygen atoms in total. The fourth-order valence-corrected chi connectivity index (χ4v) is 5.83. The molecule has 0 atom stereocenters. The van der Waals surface area contributed by atoms with Gasteiger partial charge < -0.3 is 29.8 Å². The molecule has 0 spiro atoms. The number of methoxy groups -OCH3 is 2. The number of benzene rings is 3. The quantitative estimate of drug-likeness (QED) is 0.183. The summed E-state index contributed by atoms with van der Waals surface area (Å²) in [5.41, 5.74) is 12.3. The van der Waals surface area contributed by atoms with Crippen LogP contribution in [0.15, 0.2) is 96.2 Å². The SMILES string of the molecule is COc1cc(OC)cc(-c2cnc(N)c(-c3ccc(NC(=O)c4cn(CC5CCOCC5)cc(-c5ccc(C)cc5)c4=O)cc3)c2)c1. The summed E-state index contributed by atoms with van der Waals surface area (Å²) in [6, 6.07) is 22.7. The number of nitrogens with zero attached hydrogens (tertiary/aromatic N) is 2. The first-order valence-electron chi connectivity index (χ1n) is 15.6. The summed E-state index contributed by atoms with van der Waals surface area (Å²) in [6.45, 7) is 4.15. The van der Waals surface area contributed by atoms with Gasteiger partial charge in [-0.2, -0.15) is 0 Å². The molecule has 0 saturated carbocycles. The van der Waals surface area contributed by atoms with Gasteiger partial charge in [-0.3, -0.25) is 9.59 Å². The molecule has 5 aromatic rings. The molecule has 0 bridgehead atoms. The molecule has 2 aromatic heterocycles. The number of rotatable bonds is 9. The second kappa shape index (κ2) is 13.9. The van der Waals surface area contributed by atoms with Gasteiger partial charge >= 0.3 is 0 Å². The van der Waals surface area contributed by atoms with Crippen molar-refractivity contribution in [2.24, 2.45) is 5.92 Å². The van der Waals surface area contributed by atoms with E-state index < -0.39 is 5.91 Å². The monoisotopic (exact) mass is 630 g/mol. The van der Waals surface area contributed by atoms with Crippen molar-refractivity contribution in [2.45, 2.75) is 26.3 Å². The number of aryl methyl sites for hydroxylation is 1. The molecule has 240 valence electrons. The van der Waals surface area contributed by atoms with Gasteiger partial charge in [0.15, 0.2) is 0 Å². The van der Waals surface area contributed by atoms with E-state index in [4.69, 9.17) is 19.9 Å². The number of nitrogen functional groups attached to an aromatic ring is 1. The van der Waals surface area contributed by atoms with E-state index in [0.29, 0.717) is 41.0 Å². The second-order valence-corrected chi connectivity index (χ2v) is 11.8. The van der Waals surface area contributed by atoms with Crippen LogP contribution in [0.25, 0.3) is 33.4 Å². The molecule has 3 aromatic carbocycles. The van der Waals surface area contributed by atoms with E-state index in [0.717, 1.165) is 59.4 Å². The Morgan fingerprint density at radius 1 is 0.872 bits per heavy atom. The summed E-state index contributed by atoms with van der Waals surface area (Å²) in [6.07, 6.45) is 7.13. The van der Waals surface area contributed by atoms with Crippen LogP contribution in [0.1, 0.15) is 28.8 Å². The van der Waals surface area contributed by atoms with Gasteiger partial charge in [0.2, 0.25) is 5.43 Å². The minimum atomic E-state index is -0.465. The van der Waals surface area contributed by atoms with Crippen molar-refractivity contribution in [3.05, 3.63) is 113 Å². The number of carbonyl (C=O) groups excluding carboxylic acids is 1. The average Bonchev–Trinajstić information content (AvgIpc) is 3.10. The highest BCUT2D eigenvalue weighted by Gasteiger charge is 2.20. The van der Waals surface area contributed by atoms with Crippen LogP contribution in [0.2, 0.25) is 0 Å². The van der Waals surface area contributed by atoms with E-state index in [1.807, 2.05) is 78.4 Å². The van der Waals surface area contributed by atoms with E-state index in [-0.39, 0.29) is 11.0 Å². The molecule has 1 aliphatic rings. The molecule has 0 unspecified atom stereocenters. The van der Waals surface area contributed by atoms with Crippen molar-refractivity contribution >= 4 is 17.4 Å². The Morgan fingerprint density at radius 2 is 1.51 bits per heavy atom. The molecule has 1 amide bonds. The van der Waals surface area contributed by atoms with Gasteiger partial charge in [0.1, 0.15) is 22.9 Å². The number of anilines is 2. The standard InChI is InChI=1S/C38H38N4O5/c1-24-4-6-27(7-5-24)34-22-42(21-25-12-14-47-15-13-25)23-35(36(34)43)38(44)41-30-10-8-26(9-11-30)33-18-29(20-40-37(33)39)28-16-31(45-2)19-32(17-28)46-3/h4-11,16-20,22-23,25H,12-15,21H2,1-3H3,(H2,39,40)(H,41,44). The molecule has 47 heavy (non-hydrogen) atoms. The summed E-state index contributed by atoms with van der Waals surface area (Å²) >= 11 is 0. The first kappa shape index (κ1) is 31.6. The van der Waals surface area contributed by atoms with E-state index in [2.05, 4.69) is 10.3 Å². The first-order chi connectivity index (χ1) is 22.8. The highest BCUT2D eigenvalue weighted by molar-refractivity contribution is 6.04. The normalized spacial score (nSPS) is 13.3. The number of amides is 1. The number of ether oxygens (including phenoxy) is 3. The maximum Gasteiger partial charge on any atom is 0.261 e. The van der Waals surface area contributed by atoms with Crippen LogP contribution in [0, 0.1) is 12.8 Å². The Hall–Kier alpha value is -5.41. The van der Waals surface area contributed by atoms with Gasteiger partial charge in [-0.1, -0.05) is 42.0 Å². The van der Waals surface area contributed by atoms with Crippen molar-refractivity contribution < 1.29 is 19.0 Å². The number of nitrogens with two attached hydrogens (primary N) is 1. The van der Waals surface area contributed by atoms with Gasteiger partial charge in [0.05, 0.1) is 14.2 Å². The minimum Gasteiger partial charge on any atom is -0.497 e. The lowest BCUT2D eigenvalue weighted by molar-refractivity contribution is 0.0612. The van der Waals surface area contributed by atoms with Gasteiger partial charge in [-0.15, -0.1) is 0 Å². The summed E-state index contributed by atoms with van der Waals surface area (Å²) in [5.74, 6) is 1.65. The Bertz CT molecular complexity index is 1920. The molecule has 3 heterocycles. The van der Waals surface area contributed by atoms with Gasteiger partial charge in [0, 0.05) is 66.8 Å². The maximum absolute atomic E-state index is 13.7. The Kier molecular flexibility index (Phi) is 9.35. The number of nitrogens with one attached hydrogen (secondary N) is 1. The Balaban J connectivity index is 1.27. The topological polar surface area (TPSA) is 118 Å². The molecular weight excluding hydrogens is 592 g/mol. The highest BCUT2D eigenvalue weighted by Crippen LogP contribution is 2.34. The summed E-state index contributed by atoms with van der Waals surface area (Å²) in [4.78, 5) is 31.8. The van der Waals surface area contributed by atoms with Crippen molar-refractivity contribution in [1.82, 2.24) is 9.55 Å². The fourth-order valence-electron chi connectivity index (χ4n) is 5.83. The summed E-state index contributed by atoms with van der Waals surface area (Å²) in [5, 5.41) is 2.93. The van der Waals surface area contributed by atoms with Gasteiger partial charge in [-0.05, 0) is 72.7 Å². The van der Waals surface area contributed by atoms with Gasteiger partial charge in [-0.25, -0.2) is 4.98 Å². The third kappa shape index (κ3) is 7.21. The number of aromatic nitrogens is 2. The highest BCUT2D eigenvalue weighted by atomic mass is 16.5. The fraction of sp³-hybridized carbons (Fsp3) is 0.237. The Labute approximate surface area is 274 Å². The molecular formula is C38H38N4O5. The Morgan fingerprint density at radius 3 is 2.17 bits per heavy atom. The maximum atomic E-state index is 13.7. The van der Waals surface area contributed by atoms with E-state index in [9.17, 15) is 9.59 Å². The van der Waals surface area contributed by atoms with Crippen LogP contribution < -0.4 is 26.0 Å². The molecule has 1 fully saturated rings. The smallest absolute Gasteiger partial charge is 0.261 e. The molecule has 9 heteroatoms. The zero-order chi connectivity index (χ0) is 32.9. The molecule has 1 aliphatic heterocycles. The zero-order valence-corrected chi connectivity index (χ0v) is 26.8. The lowest BCUT2D eigenvalue weighted by Crippen LogP contribution is -2.26. The van der Waals surface area contributed by atoms with Crippen LogP contribution in [-0.4, -0.2) is 42.9 Å². The third-order valence-electron chi connectivity index (χ3n) is 8.55. The molecule has 0 aliphatic carbocycles. The number of carbonyl (C=O) groups is 1. The second-order valence-electron chi connectivity index (χ2n) is 11.8. The molecule has 1 saturated heterocycles. The lowest BCUT2D eigenvalue weighted by Gasteiger charge is -2.23. The minimum absolute atomic E-state index is 0.0917. The van der Waals surface area contributed by atoms with Crippen LogP contribution in [0.4, 0.5) is 11.5 Å². The van der Waals surface area contributed by atoms with Crippen molar-refractivity contribution in [2.75, 3.05) is 38.5 Å². The van der Waals surface area contributed by atoms with Crippen molar-refractivity contribution in [3.8, 4) is 44.9 Å². The van der Waals surface area contributed by atoms with Crippen LogP contribution >= 0.6 is 0 Å². The third-order valence-corrected chi connectivity index (χ3v) is 8.55. The van der Waals surface area contributed by atoms with Crippen molar-refractivity contribution in [1.29, 1.82) is 0 Å². The van der Waals surface area contributed by atoms with E-state index in [1.54, 1.807) is 38.7 Å². The van der Waals surface area contributed by atoms with Crippen LogP contribution in [-0.2, 0) is 11.3 Å². The molecule has 0 radical (unpaired) electrons.